The zero-order chi connectivity index (χ0) is 72.2. The molecule has 108 heavy (non-hydrogen) atoms. The second-order valence-corrected chi connectivity index (χ2v) is 24.2. The molecule has 8 nitrogen and oxygen atoms in total. The van der Waals surface area contributed by atoms with Gasteiger partial charge in [0.1, 0.15) is 0 Å². The van der Waals surface area contributed by atoms with Crippen LogP contribution in [0.1, 0.15) is 41.8 Å². The Bertz CT molecular complexity index is 4700. The molecule has 0 unspecified atom stereocenters. The number of nitrogens with zero attached hydrogens (tertiary/aromatic N) is 8. The largest absolute Gasteiger partial charge is 0.305 e. The van der Waals surface area contributed by atoms with Gasteiger partial charge in [0.05, 0.1) is 5.69 Å². The third-order valence-electron chi connectivity index (χ3n) is 15.9. The van der Waals surface area contributed by atoms with E-state index in [1.807, 2.05) is 273 Å². The van der Waals surface area contributed by atoms with Gasteiger partial charge in [0.15, 0.2) is 0 Å². The first-order valence-corrected chi connectivity index (χ1v) is 34.4. The summed E-state index contributed by atoms with van der Waals surface area (Å²) in [7, 11) is 0. The van der Waals surface area contributed by atoms with Crippen molar-refractivity contribution in [1.29, 1.82) is 0 Å². The Kier molecular flexibility index (Phi) is 38.4. The van der Waals surface area contributed by atoms with Crippen LogP contribution in [0.4, 0.5) is 0 Å². The quantitative estimate of drug-likeness (QED) is 0.118. The fourth-order valence-electron chi connectivity index (χ4n) is 10.4. The van der Waals surface area contributed by atoms with E-state index in [4.69, 9.17) is 0 Å². The van der Waals surface area contributed by atoms with Gasteiger partial charge in [0.2, 0.25) is 0 Å². The van der Waals surface area contributed by atoms with Gasteiger partial charge in [-0.15, -0.1) is 251 Å². The molecule has 7 aromatic heterocycles. The maximum absolute atomic E-state index is 4.69. The van der Waals surface area contributed by atoms with E-state index in [-0.39, 0.29) is 80.4 Å². The van der Waals surface area contributed by atoms with E-state index in [1.165, 1.54) is 33.4 Å². The molecule has 0 saturated carbocycles. The summed E-state index contributed by atoms with van der Waals surface area (Å²) in [4.78, 5) is 35.1. The van der Waals surface area contributed by atoms with Gasteiger partial charge in [-0.2, -0.15) is 0 Å². The second kappa shape index (κ2) is 48.0. The van der Waals surface area contributed by atoms with E-state index < -0.39 is 0 Å². The Morgan fingerprint density at radius 1 is 0.269 bits per heavy atom. The Balaban J connectivity index is 0.000000197. The van der Waals surface area contributed by atoms with Crippen LogP contribution in [-0.4, -0.2) is 39.9 Å². The summed E-state index contributed by atoms with van der Waals surface area (Å²) in [5.41, 5.74) is 24.4. The van der Waals surface area contributed by atoms with Crippen LogP contribution in [0, 0.1) is 76.1 Å². The first kappa shape index (κ1) is 86.5. The number of benzene rings is 9. The summed E-state index contributed by atoms with van der Waals surface area (Å²) in [6.45, 7) is 12.8. The molecule has 0 saturated heterocycles. The Morgan fingerprint density at radius 3 is 1.01 bits per heavy atom. The predicted molar refractivity (Wildman–Crippen MR) is 426 cm³/mol. The molecule has 7 heterocycles. The van der Waals surface area contributed by atoms with Gasteiger partial charge in [-0.1, -0.05) is 154 Å². The normalized spacial score (nSPS) is 9.77. The fourth-order valence-corrected chi connectivity index (χ4v) is 10.4. The summed E-state index contributed by atoms with van der Waals surface area (Å²) in [6, 6.07) is 124. The Hall–Kier alpha value is -10.4. The molecule has 16 rings (SSSR count). The topological polar surface area (TPSA) is 103 Å². The first-order valence-electron chi connectivity index (χ1n) is 34.4. The van der Waals surface area contributed by atoms with Crippen LogP contribution < -0.4 is 0 Å². The first-order chi connectivity index (χ1) is 51.1. The van der Waals surface area contributed by atoms with Gasteiger partial charge in [0, 0.05) is 146 Å². The van der Waals surface area contributed by atoms with E-state index in [2.05, 4.69) is 172 Å². The molecule has 0 amide bonds. The van der Waals surface area contributed by atoms with Crippen molar-refractivity contribution in [2.24, 2.45) is 5.92 Å². The SMILES string of the molecule is CC(C)Cc1ccc(-c2[c-]cccc2)nc1.Cc1cc[c-]c(-c2cc(C)c(C)cn2)c1.Cc1nc(-c2[c-]cccc2)ccc1-c1ccccc1.[Ir].[Ir].[Ir].[Ir].[c-]1ccccc1-c1ccccn1.[c-]1ccccc1-c1ccccn1.[c-]1ccccc1-c1ccccn1.[c-]1ccccc1-c1cnc(-c2ccccc2)cn1. The van der Waals surface area contributed by atoms with Crippen molar-refractivity contribution in [2.75, 3.05) is 0 Å². The molecule has 546 valence electrons. The number of rotatable bonds is 11. The van der Waals surface area contributed by atoms with E-state index in [0.29, 0.717) is 5.92 Å². The molecule has 0 atom stereocenters. The van der Waals surface area contributed by atoms with Crippen LogP contribution in [-0.2, 0) is 86.8 Å². The van der Waals surface area contributed by atoms with Gasteiger partial charge in [0.25, 0.3) is 0 Å². The van der Waals surface area contributed by atoms with Gasteiger partial charge in [-0.05, 0) is 102 Å². The molecule has 0 aliphatic heterocycles. The van der Waals surface area contributed by atoms with Gasteiger partial charge < -0.3 is 34.9 Å². The summed E-state index contributed by atoms with van der Waals surface area (Å²) in [5, 5.41) is 0. The molecule has 4 radical (unpaired) electrons. The molecular weight excluding hydrogens is 2030 g/mol. The molecule has 16 aromatic rings. The minimum atomic E-state index is 0. The Morgan fingerprint density at radius 2 is 0.639 bits per heavy atom. The number of hydrogen-bond donors (Lipinski definition) is 0. The van der Waals surface area contributed by atoms with E-state index >= 15 is 0 Å². The maximum atomic E-state index is 4.69. The van der Waals surface area contributed by atoms with Gasteiger partial charge in [-0.25, -0.2) is 0 Å². The zero-order valence-electron chi connectivity index (χ0n) is 60.7. The predicted octanol–water partition coefficient (Wildman–Crippen LogP) is 23.0. The number of aryl methyl sites for hydroxylation is 4. The zero-order valence-corrected chi connectivity index (χ0v) is 70.3. The fraction of sp³-hybridized carbons (Fsp3) is 0.0833. The van der Waals surface area contributed by atoms with Crippen molar-refractivity contribution in [3.8, 4) is 101 Å². The van der Waals surface area contributed by atoms with Gasteiger partial charge >= 0.3 is 0 Å². The van der Waals surface area contributed by atoms with Crippen LogP contribution in [0.2, 0.25) is 0 Å². The van der Waals surface area contributed by atoms with Crippen molar-refractivity contribution in [3.63, 3.8) is 0 Å². The molecule has 0 aliphatic rings. The molecule has 0 fully saturated rings. The van der Waals surface area contributed by atoms with Crippen molar-refractivity contribution in [1.82, 2.24) is 39.9 Å². The summed E-state index contributed by atoms with van der Waals surface area (Å²) < 4.78 is 0. The summed E-state index contributed by atoms with van der Waals surface area (Å²) in [6.07, 6.45) is 13.9. The van der Waals surface area contributed by atoms with Crippen molar-refractivity contribution in [3.05, 3.63) is 423 Å². The van der Waals surface area contributed by atoms with Crippen LogP contribution in [0.3, 0.4) is 0 Å². The van der Waals surface area contributed by atoms with E-state index in [9.17, 15) is 0 Å². The number of aromatic nitrogens is 8. The third-order valence-corrected chi connectivity index (χ3v) is 15.9. The molecule has 12 heteroatoms. The molecule has 0 N–H and O–H groups in total. The van der Waals surface area contributed by atoms with Crippen LogP contribution >= 0.6 is 0 Å². The van der Waals surface area contributed by atoms with Gasteiger partial charge in [-0.3, -0.25) is 4.98 Å². The summed E-state index contributed by atoms with van der Waals surface area (Å²) in [5.74, 6) is 0.677. The number of hydrogen-bond acceptors (Lipinski definition) is 8. The maximum Gasteiger partial charge on any atom is 0.0866 e. The standard InChI is InChI=1S/C18H14N.C16H11N2.C15H16N.C14H14N.3C11H8N.4Ir/c1-14-17(15-8-4-2-5-9-15)12-13-18(19-14)16-10-6-3-7-11-16;1-3-7-13(8-4-1)15-11-18-16(12-17-15)14-9-5-2-6-10-14;1-12(2)10-13-8-9-15(16-11-13)14-6-4-3-5-7-14;1-10-5-4-6-13(7-10)14-8-11(2)12(3)9-15-14;3*1-2-6-10(7-3-1)11-8-4-5-9-12-11;;;;/h2-10,12-13H,1H3;1-9,11-12H;3-6,8-9,11-12H,10H2,1-2H3;4-5,7-9H,1-3H3;3*1-6,8-9H;;;;/q7*-1;;;;. The Labute approximate surface area is 692 Å². The van der Waals surface area contributed by atoms with Crippen LogP contribution in [0.25, 0.3) is 101 Å². The average Bonchev–Trinajstić information content (AvgIpc) is 0.827. The average molecular weight is 2110 g/mol. The smallest absolute Gasteiger partial charge is 0.0866 e. The van der Waals surface area contributed by atoms with E-state index in [0.717, 1.165) is 102 Å². The third kappa shape index (κ3) is 28.4. The second-order valence-electron chi connectivity index (χ2n) is 24.2. The monoisotopic (exact) mass is 2120 g/mol. The molecular formula is C96H79Ir4N8-7. The number of pyridine rings is 6. The van der Waals surface area contributed by atoms with Crippen molar-refractivity contribution >= 4 is 0 Å². The van der Waals surface area contributed by atoms with Crippen molar-refractivity contribution in [2.45, 2.75) is 48.0 Å². The summed E-state index contributed by atoms with van der Waals surface area (Å²) >= 11 is 0. The molecule has 9 aromatic carbocycles. The molecule has 0 spiro atoms. The van der Waals surface area contributed by atoms with Crippen molar-refractivity contribution < 1.29 is 80.4 Å². The molecule has 0 bridgehead atoms. The minimum absolute atomic E-state index is 0. The van der Waals surface area contributed by atoms with E-state index in [1.54, 1.807) is 31.0 Å². The minimum Gasteiger partial charge on any atom is -0.305 e. The van der Waals surface area contributed by atoms with Crippen LogP contribution in [0.15, 0.2) is 353 Å². The molecule has 0 aliphatic carbocycles. The van der Waals surface area contributed by atoms with Crippen LogP contribution in [0.5, 0.6) is 0 Å².